The molecule has 0 radical (unpaired) electrons. The predicted molar refractivity (Wildman–Crippen MR) is 152 cm³/mol. The lowest BCUT2D eigenvalue weighted by molar-refractivity contribution is -0.347. The maximum Gasteiger partial charge on any atom is 0.430 e. The SMILES string of the molecule is CCC(CC)(c1ccc(/C=C/C(O)(C(F)(F)F)C(F)(F)F)c(C)c1)c1ccc(-c2ccc(CCOOC)cc2)c(C)c1. The van der Waals surface area contributed by atoms with Crippen molar-refractivity contribution in [1.82, 2.24) is 0 Å². The summed E-state index contributed by atoms with van der Waals surface area (Å²) in [4.78, 5) is 9.57. The summed E-state index contributed by atoms with van der Waals surface area (Å²) in [5.74, 6) is 0. The molecular formula is C33H36F6O3. The van der Waals surface area contributed by atoms with Gasteiger partial charge in [0.2, 0.25) is 0 Å². The normalized spacial score (nSPS) is 13.2. The van der Waals surface area contributed by atoms with Gasteiger partial charge in [-0.1, -0.05) is 80.6 Å². The molecule has 9 heteroatoms. The molecule has 0 fully saturated rings. The van der Waals surface area contributed by atoms with Crippen molar-refractivity contribution < 1.29 is 41.2 Å². The lowest BCUT2D eigenvalue weighted by atomic mass is 9.69. The molecule has 0 aromatic heterocycles. The van der Waals surface area contributed by atoms with E-state index in [0.717, 1.165) is 52.6 Å². The Balaban J connectivity index is 1.95. The molecule has 0 unspecified atom stereocenters. The maximum atomic E-state index is 13.1. The van der Waals surface area contributed by atoms with Crippen molar-refractivity contribution in [2.45, 2.75) is 70.3 Å². The van der Waals surface area contributed by atoms with Crippen LogP contribution < -0.4 is 0 Å². The summed E-state index contributed by atoms with van der Waals surface area (Å²) < 4.78 is 78.7. The summed E-state index contributed by atoms with van der Waals surface area (Å²) in [5, 5.41) is 9.49. The standard InChI is InChI=1S/C33H36F6O3/c1-6-30(7-2,27-13-12-25(22(3)20-27)16-18-31(40,32(34,35)36)33(37,38)39)28-14-15-29(23(4)21-28)26-10-8-24(9-11-26)17-19-42-41-5/h8-16,18,20-21,40H,6-7,17,19H2,1-5H3/b18-16+. The third-order valence-electron chi connectivity index (χ3n) is 8.03. The maximum absolute atomic E-state index is 13.1. The first-order chi connectivity index (χ1) is 19.6. The van der Waals surface area contributed by atoms with Gasteiger partial charge in [0.15, 0.2) is 0 Å². The van der Waals surface area contributed by atoms with Gasteiger partial charge in [0.05, 0.1) is 13.7 Å². The Hall–Kier alpha value is -3.14. The highest BCUT2D eigenvalue weighted by Crippen LogP contribution is 2.45. The highest BCUT2D eigenvalue weighted by molar-refractivity contribution is 5.68. The third kappa shape index (κ3) is 6.74. The first-order valence-corrected chi connectivity index (χ1v) is 13.7. The minimum Gasteiger partial charge on any atom is -0.370 e. The molecule has 0 saturated heterocycles. The molecule has 42 heavy (non-hydrogen) atoms. The van der Waals surface area contributed by atoms with Crippen molar-refractivity contribution in [2.24, 2.45) is 0 Å². The predicted octanol–water partition coefficient (Wildman–Crippen LogP) is 9.07. The molecule has 0 spiro atoms. The summed E-state index contributed by atoms with van der Waals surface area (Å²) in [6.45, 7) is 8.22. The van der Waals surface area contributed by atoms with E-state index in [9.17, 15) is 31.4 Å². The van der Waals surface area contributed by atoms with Crippen LogP contribution in [0.2, 0.25) is 0 Å². The average molecular weight is 595 g/mol. The van der Waals surface area contributed by atoms with Crippen LogP contribution in [0.25, 0.3) is 17.2 Å². The van der Waals surface area contributed by atoms with E-state index < -0.39 is 23.4 Å². The number of halogens is 6. The molecule has 0 bridgehead atoms. The summed E-state index contributed by atoms with van der Waals surface area (Å²) in [6.07, 6.45) is -9.23. The van der Waals surface area contributed by atoms with Crippen LogP contribution in [0.15, 0.2) is 66.7 Å². The Morgan fingerprint density at radius 3 is 1.79 bits per heavy atom. The van der Waals surface area contributed by atoms with Crippen LogP contribution in [-0.4, -0.2) is 36.8 Å². The van der Waals surface area contributed by atoms with E-state index in [4.69, 9.17) is 4.89 Å². The monoisotopic (exact) mass is 594 g/mol. The van der Waals surface area contributed by atoms with E-state index in [0.29, 0.717) is 18.2 Å². The average Bonchev–Trinajstić information content (AvgIpc) is 2.93. The largest absolute Gasteiger partial charge is 0.430 e. The van der Waals surface area contributed by atoms with Gasteiger partial charge in [-0.2, -0.15) is 26.3 Å². The molecule has 3 aromatic carbocycles. The molecule has 0 aliphatic rings. The molecule has 1 N–H and O–H groups in total. The molecule has 0 saturated carbocycles. The number of hydrogen-bond donors (Lipinski definition) is 1. The Morgan fingerprint density at radius 2 is 1.31 bits per heavy atom. The van der Waals surface area contributed by atoms with Gasteiger partial charge in [0.25, 0.3) is 5.60 Å². The summed E-state index contributed by atoms with van der Waals surface area (Å²) in [7, 11) is 1.47. The lowest BCUT2D eigenvalue weighted by Gasteiger charge is -2.34. The number of benzene rings is 3. The molecule has 0 aliphatic carbocycles. The third-order valence-corrected chi connectivity index (χ3v) is 8.03. The Morgan fingerprint density at radius 1 is 0.762 bits per heavy atom. The van der Waals surface area contributed by atoms with Gasteiger partial charge >= 0.3 is 12.4 Å². The Kier molecular flexibility index (Phi) is 10.3. The summed E-state index contributed by atoms with van der Waals surface area (Å²) in [5.41, 5.74) is 1.57. The van der Waals surface area contributed by atoms with E-state index in [1.807, 2.05) is 19.1 Å². The van der Waals surface area contributed by atoms with E-state index >= 15 is 0 Å². The second-order valence-corrected chi connectivity index (χ2v) is 10.4. The number of alkyl halides is 6. The fourth-order valence-corrected chi connectivity index (χ4v) is 5.33. The second-order valence-electron chi connectivity index (χ2n) is 10.4. The zero-order chi connectivity index (χ0) is 31.3. The Bertz CT molecular complexity index is 1360. The van der Waals surface area contributed by atoms with Crippen molar-refractivity contribution in [2.75, 3.05) is 13.7 Å². The molecule has 0 amide bonds. The van der Waals surface area contributed by atoms with Crippen molar-refractivity contribution in [3.8, 4) is 11.1 Å². The highest BCUT2D eigenvalue weighted by Gasteiger charge is 2.68. The lowest BCUT2D eigenvalue weighted by Crippen LogP contribution is -2.55. The van der Waals surface area contributed by atoms with Crippen LogP contribution in [0.1, 0.15) is 60.1 Å². The Labute approximate surface area is 242 Å². The van der Waals surface area contributed by atoms with E-state index in [2.05, 4.69) is 49.1 Å². The van der Waals surface area contributed by atoms with Crippen molar-refractivity contribution in [1.29, 1.82) is 0 Å². The molecule has 228 valence electrons. The smallest absolute Gasteiger partial charge is 0.370 e. The van der Waals surface area contributed by atoms with Gasteiger partial charge in [0, 0.05) is 5.41 Å². The molecule has 3 rings (SSSR count). The zero-order valence-electron chi connectivity index (χ0n) is 24.3. The first kappa shape index (κ1) is 33.4. The fourth-order valence-electron chi connectivity index (χ4n) is 5.33. The number of aliphatic hydroxyl groups is 1. The van der Waals surface area contributed by atoms with Crippen LogP contribution in [0.3, 0.4) is 0 Å². The summed E-state index contributed by atoms with van der Waals surface area (Å²) >= 11 is 0. The number of hydrogen-bond acceptors (Lipinski definition) is 3. The van der Waals surface area contributed by atoms with Crippen molar-refractivity contribution in [3.05, 3.63) is 100 Å². The van der Waals surface area contributed by atoms with Crippen LogP contribution in [0, 0.1) is 13.8 Å². The van der Waals surface area contributed by atoms with Crippen molar-refractivity contribution >= 4 is 6.08 Å². The van der Waals surface area contributed by atoms with Crippen LogP contribution in [0.4, 0.5) is 26.3 Å². The van der Waals surface area contributed by atoms with Gasteiger partial charge < -0.3 is 5.11 Å². The molecule has 0 heterocycles. The minimum atomic E-state index is -5.92. The van der Waals surface area contributed by atoms with Gasteiger partial charge in [-0.3, -0.25) is 0 Å². The van der Waals surface area contributed by atoms with Crippen LogP contribution in [-0.2, 0) is 21.6 Å². The van der Waals surface area contributed by atoms with Gasteiger partial charge in [0.1, 0.15) is 0 Å². The second kappa shape index (κ2) is 13.0. The summed E-state index contributed by atoms with van der Waals surface area (Å²) in [6, 6.07) is 19.5. The van der Waals surface area contributed by atoms with Gasteiger partial charge in [-0.15, -0.1) is 0 Å². The molecule has 3 aromatic rings. The van der Waals surface area contributed by atoms with E-state index in [1.165, 1.54) is 13.2 Å². The quantitative estimate of drug-likeness (QED) is 0.104. The topological polar surface area (TPSA) is 38.7 Å². The minimum absolute atomic E-state index is 0.149. The van der Waals surface area contributed by atoms with E-state index in [-0.39, 0.29) is 11.6 Å². The molecule has 3 nitrogen and oxygen atoms in total. The number of rotatable bonds is 11. The first-order valence-electron chi connectivity index (χ1n) is 13.7. The van der Waals surface area contributed by atoms with E-state index in [1.54, 1.807) is 19.1 Å². The molecule has 0 atom stereocenters. The van der Waals surface area contributed by atoms with Crippen molar-refractivity contribution in [3.63, 3.8) is 0 Å². The van der Waals surface area contributed by atoms with Crippen LogP contribution in [0.5, 0.6) is 0 Å². The molecular weight excluding hydrogens is 558 g/mol. The van der Waals surface area contributed by atoms with Gasteiger partial charge in [-0.05, 0) is 83.7 Å². The van der Waals surface area contributed by atoms with Gasteiger partial charge in [-0.25, -0.2) is 9.78 Å². The molecule has 0 aliphatic heterocycles. The number of aryl methyl sites for hydroxylation is 2. The fraction of sp³-hybridized carbons (Fsp3) is 0.394. The van der Waals surface area contributed by atoms with Crippen LogP contribution >= 0.6 is 0 Å². The highest BCUT2D eigenvalue weighted by atomic mass is 19.4. The zero-order valence-corrected chi connectivity index (χ0v) is 24.3.